The Morgan fingerprint density at radius 1 is 1.30 bits per heavy atom. The van der Waals surface area contributed by atoms with Crippen LogP contribution in [0.5, 0.6) is 5.75 Å². The first-order chi connectivity index (χ1) is 9.71. The van der Waals surface area contributed by atoms with Crippen LogP contribution >= 0.6 is 11.8 Å². The summed E-state index contributed by atoms with van der Waals surface area (Å²) in [5, 5.41) is 0.979. The van der Waals surface area contributed by atoms with Crippen LogP contribution in [0.1, 0.15) is 18.9 Å². The Bertz CT molecular complexity index is 542. The predicted molar refractivity (Wildman–Crippen MR) is 83.3 cm³/mol. The normalized spacial score (nSPS) is 12.2. The highest BCUT2D eigenvalue weighted by Gasteiger charge is 2.04. The molecule has 2 rings (SSSR count). The van der Waals surface area contributed by atoms with Gasteiger partial charge in [0.1, 0.15) is 10.8 Å². The highest BCUT2D eigenvalue weighted by molar-refractivity contribution is 7.99. The Morgan fingerprint density at radius 2 is 2.15 bits per heavy atom. The topological polar surface area (TPSA) is 48.1 Å². The monoisotopic (exact) mass is 288 g/mol. The molecule has 20 heavy (non-hydrogen) atoms. The van der Waals surface area contributed by atoms with Crippen LogP contribution in [0.3, 0.4) is 0 Å². The van der Waals surface area contributed by atoms with E-state index in [0.717, 1.165) is 28.5 Å². The van der Waals surface area contributed by atoms with Crippen LogP contribution in [-0.4, -0.2) is 18.1 Å². The van der Waals surface area contributed by atoms with Crippen LogP contribution in [0.15, 0.2) is 52.5 Å². The van der Waals surface area contributed by atoms with E-state index in [0.29, 0.717) is 0 Å². The van der Waals surface area contributed by atoms with Gasteiger partial charge in [0.15, 0.2) is 0 Å². The lowest BCUT2D eigenvalue weighted by Gasteiger charge is -2.08. The van der Waals surface area contributed by atoms with Gasteiger partial charge in [-0.3, -0.25) is 0 Å². The third-order valence-electron chi connectivity index (χ3n) is 3.08. The number of nitrogens with zero attached hydrogens (tertiary/aromatic N) is 1. The van der Waals surface area contributed by atoms with Crippen LogP contribution in [0, 0.1) is 0 Å². The molecule has 0 fully saturated rings. The van der Waals surface area contributed by atoms with E-state index in [-0.39, 0.29) is 6.04 Å². The Morgan fingerprint density at radius 3 is 2.80 bits per heavy atom. The molecule has 0 spiro atoms. The highest BCUT2D eigenvalue weighted by atomic mass is 32.2. The van der Waals surface area contributed by atoms with E-state index in [9.17, 15) is 0 Å². The van der Waals surface area contributed by atoms with Crippen molar-refractivity contribution in [3.63, 3.8) is 0 Å². The Kier molecular flexibility index (Phi) is 5.44. The van der Waals surface area contributed by atoms with Crippen molar-refractivity contribution >= 4 is 11.8 Å². The average Bonchev–Trinajstić information content (AvgIpc) is 2.49. The minimum Gasteiger partial charge on any atom is -0.497 e. The van der Waals surface area contributed by atoms with Gasteiger partial charge in [0.05, 0.1) is 7.11 Å². The summed E-state index contributed by atoms with van der Waals surface area (Å²) in [6.45, 7) is 2.10. The van der Waals surface area contributed by atoms with Gasteiger partial charge in [-0.2, -0.15) is 0 Å². The molecule has 4 heteroatoms. The van der Waals surface area contributed by atoms with Gasteiger partial charge < -0.3 is 10.5 Å². The van der Waals surface area contributed by atoms with Gasteiger partial charge in [-0.1, -0.05) is 30.8 Å². The van der Waals surface area contributed by atoms with Gasteiger partial charge in [-0.25, -0.2) is 4.98 Å². The molecule has 0 radical (unpaired) electrons. The Labute approximate surface area is 124 Å². The van der Waals surface area contributed by atoms with Crippen molar-refractivity contribution in [2.24, 2.45) is 5.73 Å². The second-order valence-corrected chi connectivity index (χ2v) is 5.75. The lowest BCUT2D eigenvalue weighted by atomic mass is 10.1. The minimum atomic E-state index is 0.216. The molecule has 2 aromatic rings. The summed E-state index contributed by atoms with van der Waals surface area (Å²) in [6, 6.07) is 12.3. The van der Waals surface area contributed by atoms with E-state index in [1.165, 1.54) is 5.56 Å². The third kappa shape index (κ3) is 4.25. The Hall–Kier alpha value is -1.52. The maximum atomic E-state index is 5.95. The smallest absolute Gasteiger partial charge is 0.119 e. The van der Waals surface area contributed by atoms with Gasteiger partial charge in [0.25, 0.3) is 0 Å². The van der Waals surface area contributed by atoms with E-state index in [1.54, 1.807) is 18.9 Å². The van der Waals surface area contributed by atoms with Gasteiger partial charge >= 0.3 is 0 Å². The quantitative estimate of drug-likeness (QED) is 0.883. The number of rotatable bonds is 6. The fourth-order valence-electron chi connectivity index (χ4n) is 1.82. The van der Waals surface area contributed by atoms with Crippen molar-refractivity contribution in [1.29, 1.82) is 0 Å². The maximum absolute atomic E-state index is 5.95. The molecule has 1 unspecified atom stereocenters. The van der Waals surface area contributed by atoms with Crippen molar-refractivity contribution < 1.29 is 4.74 Å². The minimum absolute atomic E-state index is 0.216. The molecule has 1 aromatic carbocycles. The van der Waals surface area contributed by atoms with E-state index in [4.69, 9.17) is 10.5 Å². The first-order valence-corrected chi connectivity index (χ1v) is 7.55. The van der Waals surface area contributed by atoms with Crippen LogP contribution in [0.2, 0.25) is 0 Å². The number of nitrogens with two attached hydrogens (primary N) is 1. The van der Waals surface area contributed by atoms with Crippen molar-refractivity contribution in [3.05, 3.63) is 48.2 Å². The lowest BCUT2D eigenvalue weighted by Crippen LogP contribution is -2.21. The molecule has 0 amide bonds. The molecule has 2 N–H and O–H groups in total. The van der Waals surface area contributed by atoms with E-state index >= 15 is 0 Å². The van der Waals surface area contributed by atoms with Crippen LogP contribution in [-0.2, 0) is 6.42 Å². The van der Waals surface area contributed by atoms with Crippen molar-refractivity contribution in [2.45, 2.75) is 35.7 Å². The van der Waals surface area contributed by atoms with E-state index in [2.05, 4.69) is 24.0 Å². The van der Waals surface area contributed by atoms with Gasteiger partial charge in [0.2, 0.25) is 0 Å². The largest absolute Gasteiger partial charge is 0.497 e. The van der Waals surface area contributed by atoms with Crippen LogP contribution < -0.4 is 10.5 Å². The molecule has 0 aliphatic heterocycles. The lowest BCUT2D eigenvalue weighted by molar-refractivity contribution is 0.413. The predicted octanol–water partition coefficient (Wildman–Crippen LogP) is 3.52. The number of ether oxygens (including phenoxy) is 1. The number of methoxy groups -OCH3 is 1. The third-order valence-corrected chi connectivity index (χ3v) is 4.02. The number of benzene rings is 1. The fourth-order valence-corrected chi connectivity index (χ4v) is 2.63. The number of hydrogen-bond donors (Lipinski definition) is 1. The zero-order chi connectivity index (χ0) is 14.4. The number of pyridine rings is 1. The molecule has 0 aliphatic rings. The zero-order valence-electron chi connectivity index (χ0n) is 11.9. The van der Waals surface area contributed by atoms with E-state index in [1.807, 2.05) is 30.5 Å². The summed E-state index contributed by atoms with van der Waals surface area (Å²) in [4.78, 5) is 5.60. The number of hydrogen-bond acceptors (Lipinski definition) is 4. The summed E-state index contributed by atoms with van der Waals surface area (Å²) >= 11 is 1.63. The molecule has 1 heterocycles. The summed E-state index contributed by atoms with van der Waals surface area (Å²) < 4.78 is 5.22. The summed E-state index contributed by atoms with van der Waals surface area (Å²) in [5.74, 6) is 0.862. The molecule has 0 saturated carbocycles. The molecule has 1 aromatic heterocycles. The highest BCUT2D eigenvalue weighted by Crippen LogP contribution is 2.28. The number of aromatic nitrogens is 1. The molecule has 0 saturated heterocycles. The summed E-state index contributed by atoms with van der Waals surface area (Å²) in [7, 11) is 1.67. The zero-order valence-corrected chi connectivity index (χ0v) is 12.7. The molecular weight excluding hydrogens is 268 g/mol. The van der Waals surface area contributed by atoms with Gasteiger partial charge in [0, 0.05) is 17.1 Å². The SMILES string of the molecule is CCC(N)Cc1ccc(Sc2cccc(OC)c2)nc1. The maximum Gasteiger partial charge on any atom is 0.119 e. The molecule has 3 nitrogen and oxygen atoms in total. The standard InChI is InChI=1S/C16H20N2OS/c1-3-13(17)9-12-7-8-16(18-11-12)20-15-6-4-5-14(10-15)19-2/h4-8,10-11,13H,3,9,17H2,1-2H3. The van der Waals surface area contributed by atoms with E-state index < -0.39 is 0 Å². The molecular formula is C16H20N2OS. The fraction of sp³-hybridized carbons (Fsp3) is 0.312. The Balaban J connectivity index is 2.02. The second-order valence-electron chi connectivity index (χ2n) is 4.66. The molecule has 0 aliphatic carbocycles. The molecule has 1 atom stereocenters. The summed E-state index contributed by atoms with van der Waals surface area (Å²) in [5.41, 5.74) is 7.14. The average molecular weight is 288 g/mol. The second kappa shape index (κ2) is 7.31. The first-order valence-electron chi connectivity index (χ1n) is 6.73. The van der Waals surface area contributed by atoms with Crippen LogP contribution in [0.4, 0.5) is 0 Å². The summed E-state index contributed by atoms with van der Waals surface area (Å²) in [6.07, 6.45) is 3.78. The van der Waals surface area contributed by atoms with Crippen molar-refractivity contribution in [3.8, 4) is 5.75 Å². The van der Waals surface area contributed by atoms with Crippen molar-refractivity contribution in [1.82, 2.24) is 4.98 Å². The van der Waals surface area contributed by atoms with Crippen LogP contribution in [0.25, 0.3) is 0 Å². The first kappa shape index (κ1) is 14.9. The molecule has 0 bridgehead atoms. The van der Waals surface area contributed by atoms with Gasteiger partial charge in [-0.15, -0.1) is 0 Å². The molecule has 106 valence electrons. The van der Waals surface area contributed by atoms with Crippen molar-refractivity contribution in [2.75, 3.05) is 7.11 Å². The van der Waals surface area contributed by atoms with Gasteiger partial charge in [-0.05, 0) is 42.7 Å².